The van der Waals surface area contributed by atoms with Gasteiger partial charge in [-0.25, -0.2) is 4.79 Å². The van der Waals surface area contributed by atoms with Crippen LogP contribution in [0.25, 0.3) is 0 Å². The molecular weight excluding hydrogens is 471 g/mol. The van der Waals surface area contributed by atoms with Crippen LogP contribution in [0.15, 0.2) is 24.3 Å². The largest absolute Gasteiger partial charge is 0.478 e. The molecule has 0 aliphatic rings. The molecule has 1 aromatic carbocycles. The number of alkyl halides is 3. The molecule has 0 aliphatic carbocycles. The van der Waals surface area contributed by atoms with Crippen molar-refractivity contribution >= 4 is 29.5 Å². The van der Waals surface area contributed by atoms with Gasteiger partial charge >= 0.3 is 18.2 Å². The molecular formula is C21H28F3N7O4. The second kappa shape index (κ2) is 13.3. The molecule has 0 fully saturated rings. The van der Waals surface area contributed by atoms with E-state index in [2.05, 4.69) is 30.3 Å². The number of carbonyl (C=O) groups is 2. The van der Waals surface area contributed by atoms with Crippen molar-refractivity contribution in [2.24, 2.45) is 5.73 Å². The molecule has 0 radical (unpaired) electrons. The van der Waals surface area contributed by atoms with Crippen molar-refractivity contribution in [3.8, 4) is 6.01 Å². The number of rotatable bonds is 14. The Bertz CT molecular complexity index is 974. The van der Waals surface area contributed by atoms with E-state index in [1.54, 1.807) is 4.90 Å². The van der Waals surface area contributed by atoms with Crippen molar-refractivity contribution in [3.05, 3.63) is 29.8 Å². The maximum absolute atomic E-state index is 12.6. The highest BCUT2D eigenvalue weighted by molar-refractivity contribution is 5.88. The molecule has 0 spiro atoms. The van der Waals surface area contributed by atoms with Crippen LogP contribution in [-0.2, 0) is 4.79 Å². The topological polar surface area (TPSA) is 156 Å². The minimum absolute atomic E-state index is 0.0563. The van der Waals surface area contributed by atoms with Gasteiger partial charge in [-0.2, -0.15) is 28.1 Å². The van der Waals surface area contributed by atoms with Crippen molar-refractivity contribution in [1.29, 1.82) is 0 Å². The number of aromatic nitrogens is 3. The van der Waals surface area contributed by atoms with Crippen molar-refractivity contribution in [2.75, 3.05) is 43.4 Å². The number of hydrogen-bond donors (Lipinski definition) is 4. The molecule has 0 saturated heterocycles. The summed E-state index contributed by atoms with van der Waals surface area (Å²) in [5.41, 5.74) is 5.93. The van der Waals surface area contributed by atoms with Crippen molar-refractivity contribution < 1.29 is 32.6 Å². The molecule has 192 valence electrons. The summed E-state index contributed by atoms with van der Waals surface area (Å²) in [5.74, 6) is -1.40. The summed E-state index contributed by atoms with van der Waals surface area (Å²) < 4.78 is 42.4. The lowest BCUT2D eigenvalue weighted by atomic mass is 10.2. The molecule has 0 bridgehead atoms. The number of anilines is 3. The number of carbonyl (C=O) groups excluding carboxylic acids is 1. The van der Waals surface area contributed by atoms with E-state index in [0.29, 0.717) is 25.3 Å². The Labute approximate surface area is 199 Å². The van der Waals surface area contributed by atoms with Crippen molar-refractivity contribution in [2.45, 2.75) is 32.4 Å². The van der Waals surface area contributed by atoms with Gasteiger partial charge in [0.1, 0.15) is 0 Å². The van der Waals surface area contributed by atoms with Crippen LogP contribution >= 0.6 is 0 Å². The third-order valence-corrected chi connectivity index (χ3v) is 4.61. The van der Waals surface area contributed by atoms with Gasteiger partial charge in [0.15, 0.2) is 6.61 Å². The van der Waals surface area contributed by atoms with E-state index in [9.17, 15) is 22.8 Å². The minimum atomic E-state index is -4.59. The predicted molar refractivity (Wildman–Crippen MR) is 122 cm³/mol. The van der Waals surface area contributed by atoms with Gasteiger partial charge in [-0.05, 0) is 43.7 Å². The van der Waals surface area contributed by atoms with Crippen LogP contribution in [0, 0.1) is 0 Å². The van der Waals surface area contributed by atoms with E-state index >= 15 is 0 Å². The fourth-order valence-electron chi connectivity index (χ4n) is 2.88. The Kier molecular flexibility index (Phi) is 10.5. The Morgan fingerprint density at radius 3 is 2.34 bits per heavy atom. The molecule has 0 aliphatic heterocycles. The van der Waals surface area contributed by atoms with Gasteiger partial charge in [-0.15, -0.1) is 0 Å². The van der Waals surface area contributed by atoms with Crippen LogP contribution in [0.2, 0.25) is 0 Å². The van der Waals surface area contributed by atoms with E-state index in [0.717, 1.165) is 19.3 Å². The van der Waals surface area contributed by atoms with Gasteiger partial charge in [0.2, 0.25) is 17.8 Å². The second-order valence-electron chi connectivity index (χ2n) is 7.46. The zero-order valence-electron chi connectivity index (χ0n) is 19.1. The van der Waals surface area contributed by atoms with Crippen LogP contribution in [0.3, 0.4) is 0 Å². The van der Waals surface area contributed by atoms with E-state index < -0.39 is 24.8 Å². The first-order valence-electron chi connectivity index (χ1n) is 10.8. The molecule has 2 aromatic rings. The van der Waals surface area contributed by atoms with E-state index in [4.69, 9.17) is 10.8 Å². The van der Waals surface area contributed by atoms with Crippen LogP contribution in [0.5, 0.6) is 6.01 Å². The number of carboxylic acids is 1. The van der Waals surface area contributed by atoms with Gasteiger partial charge in [0.05, 0.1) is 5.56 Å². The predicted octanol–water partition coefficient (Wildman–Crippen LogP) is 2.64. The van der Waals surface area contributed by atoms with Gasteiger partial charge in [-0.3, -0.25) is 4.79 Å². The molecule has 5 N–H and O–H groups in total. The first-order chi connectivity index (χ1) is 16.6. The maximum Gasteiger partial charge on any atom is 0.422 e. The average molecular weight is 499 g/mol. The number of hydrogen-bond acceptors (Lipinski definition) is 9. The third kappa shape index (κ3) is 10.4. The van der Waals surface area contributed by atoms with Gasteiger partial charge in [0, 0.05) is 32.2 Å². The number of nitrogens with two attached hydrogens (primary N) is 1. The summed E-state index contributed by atoms with van der Waals surface area (Å²) in [6, 6.07) is 5.03. The Morgan fingerprint density at radius 1 is 1.06 bits per heavy atom. The number of nitrogens with one attached hydrogen (secondary N) is 2. The number of benzene rings is 1. The average Bonchev–Trinajstić information content (AvgIpc) is 2.79. The Balaban J connectivity index is 2.09. The number of carboxylic acid groups (broad SMARTS) is 1. The Morgan fingerprint density at radius 2 is 1.74 bits per heavy atom. The SMILES string of the molecule is CC(=O)N(CCCCCN)CCNc1nc(Nc2ccc(C(=O)O)cc2)nc(OCC(F)(F)F)n1. The summed E-state index contributed by atoms with van der Waals surface area (Å²) in [6.07, 6.45) is -2.03. The molecule has 0 saturated carbocycles. The zero-order valence-corrected chi connectivity index (χ0v) is 19.1. The van der Waals surface area contributed by atoms with Gasteiger partial charge < -0.3 is 31.1 Å². The normalized spacial score (nSPS) is 11.1. The van der Waals surface area contributed by atoms with Gasteiger partial charge in [-0.1, -0.05) is 6.42 Å². The molecule has 14 heteroatoms. The summed E-state index contributed by atoms with van der Waals surface area (Å²) >= 11 is 0. The highest BCUT2D eigenvalue weighted by Gasteiger charge is 2.29. The highest BCUT2D eigenvalue weighted by atomic mass is 19.4. The van der Waals surface area contributed by atoms with E-state index in [1.165, 1.54) is 31.2 Å². The summed E-state index contributed by atoms with van der Waals surface area (Å²) in [5, 5.41) is 14.6. The molecule has 2 rings (SSSR count). The van der Waals surface area contributed by atoms with E-state index in [-0.39, 0.29) is 29.9 Å². The number of halogens is 3. The maximum atomic E-state index is 12.6. The van der Waals surface area contributed by atoms with Crippen LogP contribution < -0.4 is 21.1 Å². The summed E-state index contributed by atoms with van der Waals surface area (Å²) in [6.45, 7) is 1.54. The number of aromatic carboxylic acids is 1. The standard InChI is InChI=1S/C21H28F3N7O4/c1-14(32)31(11-4-2-3-9-25)12-10-26-18-28-19(30-20(29-18)35-13-21(22,23)24)27-16-7-5-15(6-8-16)17(33)34/h5-8H,2-4,9-13,25H2,1H3,(H,33,34)(H2,26,27,28,29,30). The van der Waals surface area contributed by atoms with Crippen molar-refractivity contribution in [1.82, 2.24) is 19.9 Å². The molecule has 1 amide bonds. The zero-order chi connectivity index (χ0) is 25.8. The van der Waals surface area contributed by atoms with Crippen LogP contribution in [0.4, 0.5) is 30.8 Å². The molecule has 0 atom stereocenters. The molecule has 1 aromatic heterocycles. The fourth-order valence-corrected chi connectivity index (χ4v) is 2.88. The molecule has 35 heavy (non-hydrogen) atoms. The number of ether oxygens (including phenoxy) is 1. The third-order valence-electron chi connectivity index (χ3n) is 4.61. The summed E-state index contributed by atoms with van der Waals surface area (Å²) in [7, 11) is 0. The first-order valence-corrected chi connectivity index (χ1v) is 10.8. The lowest BCUT2D eigenvalue weighted by Gasteiger charge is -2.21. The summed E-state index contributed by atoms with van der Waals surface area (Å²) in [4.78, 5) is 36.3. The van der Waals surface area contributed by atoms with Crippen molar-refractivity contribution in [3.63, 3.8) is 0 Å². The Hall–Kier alpha value is -3.68. The minimum Gasteiger partial charge on any atom is -0.478 e. The lowest BCUT2D eigenvalue weighted by molar-refractivity contribution is -0.154. The molecule has 1 heterocycles. The quantitative estimate of drug-likeness (QED) is 0.285. The number of nitrogens with zero attached hydrogens (tertiary/aromatic N) is 4. The first kappa shape index (κ1) is 27.6. The van der Waals surface area contributed by atoms with Crippen LogP contribution in [-0.4, -0.2) is 75.8 Å². The number of unbranched alkanes of at least 4 members (excludes halogenated alkanes) is 2. The smallest absolute Gasteiger partial charge is 0.422 e. The molecule has 0 unspecified atom stereocenters. The monoisotopic (exact) mass is 499 g/mol. The fraction of sp³-hybridized carbons (Fsp3) is 0.476. The van der Waals surface area contributed by atoms with E-state index in [1.807, 2.05) is 0 Å². The second-order valence-corrected chi connectivity index (χ2v) is 7.46. The molecule has 11 nitrogen and oxygen atoms in total. The van der Waals surface area contributed by atoms with Gasteiger partial charge in [0.25, 0.3) is 0 Å². The lowest BCUT2D eigenvalue weighted by Crippen LogP contribution is -2.34. The highest BCUT2D eigenvalue weighted by Crippen LogP contribution is 2.20. The number of amides is 1. The van der Waals surface area contributed by atoms with Crippen LogP contribution in [0.1, 0.15) is 36.5 Å².